The fourth-order valence-electron chi connectivity index (χ4n) is 2.85. The first-order valence-electron chi connectivity index (χ1n) is 7.36. The Balaban J connectivity index is 1.86. The third-order valence-electron chi connectivity index (χ3n) is 4.12. The predicted molar refractivity (Wildman–Crippen MR) is 81.5 cm³/mol. The minimum absolute atomic E-state index is 0.188. The Bertz CT molecular complexity index is 687. The molecule has 1 fully saturated rings. The molecule has 3 rings (SSSR count). The van der Waals surface area contributed by atoms with Crippen LogP contribution in [-0.2, 0) is 6.54 Å². The van der Waals surface area contributed by atoms with E-state index in [4.69, 9.17) is 4.42 Å². The van der Waals surface area contributed by atoms with Gasteiger partial charge in [0, 0.05) is 44.2 Å². The van der Waals surface area contributed by atoms with Crippen molar-refractivity contribution in [1.29, 1.82) is 0 Å². The van der Waals surface area contributed by atoms with Gasteiger partial charge in [-0.3, -0.25) is 4.90 Å². The van der Waals surface area contributed by atoms with Crippen LogP contribution in [-0.4, -0.2) is 47.6 Å². The van der Waals surface area contributed by atoms with Crippen LogP contribution in [0.25, 0.3) is 11.0 Å². The molecule has 1 aliphatic heterocycles. The lowest BCUT2D eigenvalue weighted by atomic mass is 10.1. The predicted octanol–water partition coefficient (Wildman–Crippen LogP) is 1.64. The van der Waals surface area contributed by atoms with E-state index in [-0.39, 0.29) is 11.4 Å². The number of likely N-dealkylation sites (N-methyl/N-ethyl adjacent to an activating group) is 1. The Hall–Kier alpha value is -1.85. The highest BCUT2D eigenvalue weighted by Crippen LogP contribution is 2.23. The zero-order valence-electron chi connectivity index (χ0n) is 12.2. The first kappa shape index (κ1) is 14.1. The van der Waals surface area contributed by atoms with Crippen LogP contribution in [0.4, 0.5) is 0 Å². The number of phenolic OH excluding ortho intramolecular Hbond substituents is 1. The van der Waals surface area contributed by atoms with Crippen LogP contribution in [0, 0.1) is 0 Å². The lowest BCUT2D eigenvalue weighted by Crippen LogP contribution is -2.45. The molecule has 0 saturated carbocycles. The van der Waals surface area contributed by atoms with E-state index in [1.54, 1.807) is 12.1 Å². The van der Waals surface area contributed by atoms with Crippen LogP contribution in [0.15, 0.2) is 33.5 Å². The summed E-state index contributed by atoms with van der Waals surface area (Å²) >= 11 is 0. The minimum Gasteiger partial charge on any atom is -0.508 e. The van der Waals surface area contributed by atoms with E-state index < -0.39 is 0 Å². The van der Waals surface area contributed by atoms with E-state index in [2.05, 4.69) is 16.7 Å². The Morgan fingerprint density at radius 3 is 2.57 bits per heavy atom. The second-order valence-electron chi connectivity index (χ2n) is 5.48. The normalized spacial score (nSPS) is 17.4. The Morgan fingerprint density at radius 2 is 1.86 bits per heavy atom. The summed E-state index contributed by atoms with van der Waals surface area (Å²) in [5.41, 5.74) is 1.11. The molecule has 5 heteroatoms. The number of fused-ring (bicyclic) bond motifs is 1. The molecule has 0 amide bonds. The van der Waals surface area contributed by atoms with Crippen LogP contribution in [0.2, 0.25) is 0 Å². The second-order valence-corrected chi connectivity index (χ2v) is 5.48. The fraction of sp³-hybridized carbons (Fsp3) is 0.438. The van der Waals surface area contributed by atoms with E-state index in [0.29, 0.717) is 12.1 Å². The molecule has 112 valence electrons. The van der Waals surface area contributed by atoms with E-state index in [0.717, 1.165) is 43.7 Å². The number of nitrogens with zero attached hydrogens (tertiary/aromatic N) is 2. The number of hydrogen-bond acceptors (Lipinski definition) is 5. The Labute approximate surface area is 123 Å². The highest BCUT2D eigenvalue weighted by molar-refractivity contribution is 5.81. The van der Waals surface area contributed by atoms with Gasteiger partial charge in [-0.1, -0.05) is 6.92 Å². The fourth-order valence-corrected chi connectivity index (χ4v) is 2.85. The van der Waals surface area contributed by atoms with Gasteiger partial charge in [-0.15, -0.1) is 0 Å². The summed E-state index contributed by atoms with van der Waals surface area (Å²) in [5.74, 6) is 0.188. The molecule has 1 aromatic heterocycles. The molecule has 0 radical (unpaired) electrons. The topological polar surface area (TPSA) is 56.9 Å². The molecule has 2 aromatic rings. The van der Waals surface area contributed by atoms with Crippen molar-refractivity contribution in [3.63, 3.8) is 0 Å². The van der Waals surface area contributed by atoms with Gasteiger partial charge in [0.05, 0.1) is 0 Å². The molecule has 0 spiro atoms. The van der Waals surface area contributed by atoms with Crippen LogP contribution in [0.3, 0.4) is 0 Å². The molecule has 2 heterocycles. The summed E-state index contributed by atoms with van der Waals surface area (Å²) in [6.07, 6.45) is 0. The van der Waals surface area contributed by atoms with Crippen molar-refractivity contribution < 1.29 is 9.52 Å². The lowest BCUT2D eigenvalue weighted by Gasteiger charge is -2.34. The van der Waals surface area contributed by atoms with Crippen molar-refractivity contribution >= 4 is 11.0 Å². The number of benzene rings is 1. The molecule has 1 aromatic carbocycles. The van der Waals surface area contributed by atoms with Gasteiger partial charge in [-0.25, -0.2) is 4.79 Å². The van der Waals surface area contributed by atoms with Crippen molar-refractivity contribution in [1.82, 2.24) is 9.80 Å². The number of piperazine rings is 1. The summed E-state index contributed by atoms with van der Waals surface area (Å²) in [6.45, 7) is 8.07. The van der Waals surface area contributed by atoms with Gasteiger partial charge >= 0.3 is 5.63 Å². The van der Waals surface area contributed by atoms with Gasteiger partial charge in [0.2, 0.25) is 0 Å². The van der Waals surface area contributed by atoms with Crippen molar-refractivity contribution in [2.24, 2.45) is 0 Å². The number of phenols is 1. The zero-order chi connectivity index (χ0) is 14.8. The maximum atomic E-state index is 11.7. The standard InChI is InChI=1S/C16H20N2O3/c1-2-17-5-7-18(8-6-17)11-12-9-16(20)21-15-4-3-13(19)10-14(12)15/h3-4,9-10,19H,2,5-8,11H2,1H3. The second kappa shape index (κ2) is 5.87. The number of rotatable bonds is 3. The first-order chi connectivity index (χ1) is 10.2. The molecular formula is C16H20N2O3. The maximum absolute atomic E-state index is 11.7. The summed E-state index contributed by atoms with van der Waals surface area (Å²) < 4.78 is 5.19. The largest absolute Gasteiger partial charge is 0.508 e. The molecule has 0 aliphatic carbocycles. The first-order valence-corrected chi connectivity index (χ1v) is 7.36. The molecule has 5 nitrogen and oxygen atoms in total. The van der Waals surface area contributed by atoms with E-state index in [1.165, 1.54) is 12.1 Å². The van der Waals surface area contributed by atoms with E-state index in [9.17, 15) is 9.90 Å². The van der Waals surface area contributed by atoms with Crippen LogP contribution in [0.5, 0.6) is 5.75 Å². The molecule has 0 bridgehead atoms. The minimum atomic E-state index is -0.338. The van der Waals surface area contributed by atoms with Gasteiger partial charge in [-0.05, 0) is 30.3 Å². The van der Waals surface area contributed by atoms with Gasteiger partial charge in [-0.2, -0.15) is 0 Å². The van der Waals surface area contributed by atoms with Gasteiger partial charge in [0.1, 0.15) is 11.3 Å². The summed E-state index contributed by atoms with van der Waals surface area (Å²) in [7, 11) is 0. The Kier molecular flexibility index (Phi) is 3.94. The molecule has 1 aliphatic rings. The highest BCUT2D eigenvalue weighted by atomic mass is 16.4. The summed E-state index contributed by atoms with van der Waals surface area (Å²) in [4.78, 5) is 16.4. The SMILES string of the molecule is CCN1CCN(Cc2cc(=O)oc3ccc(O)cc23)CC1. The summed E-state index contributed by atoms with van der Waals surface area (Å²) in [5, 5.41) is 10.5. The van der Waals surface area contributed by atoms with E-state index >= 15 is 0 Å². The molecule has 1 saturated heterocycles. The van der Waals surface area contributed by atoms with Crippen LogP contribution in [0.1, 0.15) is 12.5 Å². The average molecular weight is 288 g/mol. The van der Waals surface area contributed by atoms with E-state index in [1.807, 2.05) is 0 Å². The monoisotopic (exact) mass is 288 g/mol. The molecule has 1 N–H and O–H groups in total. The quantitative estimate of drug-likeness (QED) is 0.870. The van der Waals surface area contributed by atoms with Gasteiger partial charge in [0.15, 0.2) is 0 Å². The highest BCUT2D eigenvalue weighted by Gasteiger charge is 2.17. The van der Waals surface area contributed by atoms with Crippen molar-refractivity contribution in [3.05, 3.63) is 40.2 Å². The lowest BCUT2D eigenvalue weighted by molar-refractivity contribution is 0.132. The van der Waals surface area contributed by atoms with Gasteiger partial charge < -0.3 is 14.4 Å². The zero-order valence-corrected chi connectivity index (χ0v) is 12.2. The van der Waals surface area contributed by atoms with Crippen LogP contribution < -0.4 is 5.63 Å². The summed E-state index contributed by atoms with van der Waals surface area (Å²) in [6, 6.07) is 6.38. The molecule has 0 atom stereocenters. The smallest absolute Gasteiger partial charge is 0.336 e. The third kappa shape index (κ3) is 3.09. The number of aromatic hydroxyl groups is 1. The van der Waals surface area contributed by atoms with Gasteiger partial charge in [0.25, 0.3) is 0 Å². The van der Waals surface area contributed by atoms with Crippen molar-refractivity contribution in [2.45, 2.75) is 13.5 Å². The van der Waals surface area contributed by atoms with Crippen LogP contribution >= 0.6 is 0 Å². The molecule has 0 unspecified atom stereocenters. The Morgan fingerprint density at radius 1 is 1.14 bits per heavy atom. The molecule has 21 heavy (non-hydrogen) atoms. The third-order valence-corrected chi connectivity index (χ3v) is 4.12. The maximum Gasteiger partial charge on any atom is 0.336 e. The van der Waals surface area contributed by atoms with Crippen molar-refractivity contribution in [2.75, 3.05) is 32.7 Å². The number of hydrogen-bond donors (Lipinski definition) is 1. The average Bonchev–Trinajstić information content (AvgIpc) is 2.49. The van der Waals surface area contributed by atoms with Crippen molar-refractivity contribution in [3.8, 4) is 5.75 Å². The molecular weight excluding hydrogens is 268 g/mol.